The van der Waals surface area contributed by atoms with Gasteiger partial charge in [0.05, 0.1) is 11.5 Å². The fraction of sp³-hybridized carbons (Fsp3) is 0.800. The molecule has 0 aromatic carbocycles. The molecule has 1 N–H and O–H groups in total. The van der Waals surface area contributed by atoms with E-state index in [0.717, 1.165) is 25.7 Å². The van der Waals surface area contributed by atoms with Crippen molar-refractivity contribution in [1.29, 1.82) is 5.26 Å². The number of aliphatic carboxylic acids is 1. The Bertz CT molecular complexity index is 234. The highest BCUT2D eigenvalue weighted by molar-refractivity contribution is 5.67. The van der Waals surface area contributed by atoms with E-state index in [2.05, 4.69) is 6.07 Å². The number of nitrogens with zero attached hydrogens (tertiary/aromatic N) is 1. The molecule has 1 aliphatic rings. The molecule has 1 saturated carbocycles. The van der Waals surface area contributed by atoms with Crippen LogP contribution in [0.25, 0.3) is 0 Å². The van der Waals surface area contributed by atoms with Gasteiger partial charge in [-0.3, -0.25) is 4.79 Å². The van der Waals surface area contributed by atoms with E-state index in [1.165, 1.54) is 0 Å². The molecule has 3 nitrogen and oxygen atoms in total. The zero-order valence-electron chi connectivity index (χ0n) is 7.92. The van der Waals surface area contributed by atoms with Crippen molar-refractivity contribution in [2.45, 2.75) is 39.0 Å². The van der Waals surface area contributed by atoms with E-state index in [-0.39, 0.29) is 11.8 Å². The molecule has 3 heteroatoms. The summed E-state index contributed by atoms with van der Waals surface area (Å²) >= 11 is 0. The first-order chi connectivity index (χ1) is 6.06. The molecule has 13 heavy (non-hydrogen) atoms. The molecule has 0 aromatic heterocycles. The highest BCUT2D eigenvalue weighted by Crippen LogP contribution is 2.38. The Balaban J connectivity index is 2.40. The molecule has 1 fully saturated rings. The second-order valence-electron chi connectivity index (χ2n) is 4.21. The topological polar surface area (TPSA) is 61.1 Å². The third kappa shape index (κ3) is 2.73. The van der Waals surface area contributed by atoms with Gasteiger partial charge in [-0.05, 0) is 38.5 Å². The van der Waals surface area contributed by atoms with Gasteiger partial charge in [-0.2, -0.15) is 5.26 Å². The van der Waals surface area contributed by atoms with Crippen molar-refractivity contribution in [2.24, 2.45) is 11.3 Å². The van der Waals surface area contributed by atoms with Gasteiger partial charge < -0.3 is 5.11 Å². The SMILES string of the molecule is CC1(C#N)CCC(CC(=O)O)CC1. The lowest BCUT2D eigenvalue weighted by molar-refractivity contribution is -0.138. The minimum absolute atomic E-state index is 0.199. The number of carbonyl (C=O) groups is 1. The van der Waals surface area contributed by atoms with Crippen molar-refractivity contribution in [3.8, 4) is 6.07 Å². The van der Waals surface area contributed by atoms with Crippen LogP contribution in [0.4, 0.5) is 0 Å². The Kier molecular flexibility index (Phi) is 2.92. The maximum absolute atomic E-state index is 10.4. The number of nitriles is 1. The lowest BCUT2D eigenvalue weighted by atomic mass is 9.72. The van der Waals surface area contributed by atoms with Crippen LogP contribution in [0.1, 0.15) is 39.0 Å². The van der Waals surface area contributed by atoms with Gasteiger partial charge in [0.15, 0.2) is 0 Å². The number of rotatable bonds is 2. The van der Waals surface area contributed by atoms with Crippen LogP contribution < -0.4 is 0 Å². The Morgan fingerprint density at radius 1 is 1.62 bits per heavy atom. The summed E-state index contributed by atoms with van der Waals surface area (Å²) in [5.74, 6) is -0.426. The lowest BCUT2D eigenvalue weighted by Crippen LogP contribution is -2.24. The molecule has 0 unspecified atom stereocenters. The van der Waals surface area contributed by atoms with Crippen LogP contribution in [0.3, 0.4) is 0 Å². The minimum atomic E-state index is -0.717. The van der Waals surface area contributed by atoms with Crippen molar-refractivity contribution >= 4 is 5.97 Å². The molecule has 0 atom stereocenters. The van der Waals surface area contributed by atoms with E-state index in [0.29, 0.717) is 5.92 Å². The molecule has 0 spiro atoms. The molecule has 0 heterocycles. The first-order valence-electron chi connectivity index (χ1n) is 4.69. The average molecular weight is 181 g/mol. The van der Waals surface area contributed by atoms with Gasteiger partial charge in [0, 0.05) is 6.42 Å². The van der Waals surface area contributed by atoms with Gasteiger partial charge in [0.2, 0.25) is 0 Å². The van der Waals surface area contributed by atoms with Gasteiger partial charge in [0.1, 0.15) is 0 Å². The highest BCUT2D eigenvalue weighted by Gasteiger charge is 2.31. The van der Waals surface area contributed by atoms with Crippen molar-refractivity contribution in [1.82, 2.24) is 0 Å². The Morgan fingerprint density at radius 3 is 2.54 bits per heavy atom. The van der Waals surface area contributed by atoms with Crippen molar-refractivity contribution in [2.75, 3.05) is 0 Å². The van der Waals surface area contributed by atoms with E-state index in [4.69, 9.17) is 10.4 Å². The third-order valence-corrected chi connectivity index (χ3v) is 2.94. The van der Waals surface area contributed by atoms with Crippen LogP contribution in [0, 0.1) is 22.7 Å². The predicted molar refractivity (Wildman–Crippen MR) is 47.9 cm³/mol. The molecule has 0 radical (unpaired) electrons. The summed E-state index contributed by atoms with van der Waals surface area (Å²) in [6.07, 6.45) is 3.73. The fourth-order valence-electron chi connectivity index (χ4n) is 1.88. The lowest BCUT2D eigenvalue weighted by Gasteiger charge is -2.31. The van der Waals surface area contributed by atoms with Gasteiger partial charge in [-0.1, -0.05) is 0 Å². The minimum Gasteiger partial charge on any atom is -0.481 e. The first-order valence-corrected chi connectivity index (χ1v) is 4.69. The molecule has 0 bridgehead atoms. The van der Waals surface area contributed by atoms with Crippen LogP contribution in [-0.4, -0.2) is 11.1 Å². The van der Waals surface area contributed by atoms with Gasteiger partial charge >= 0.3 is 5.97 Å². The molecule has 1 rings (SSSR count). The number of carboxylic acids is 1. The molecular weight excluding hydrogens is 166 g/mol. The normalized spacial score (nSPS) is 33.7. The zero-order chi connectivity index (χ0) is 9.90. The monoisotopic (exact) mass is 181 g/mol. The summed E-state index contributed by atoms with van der Waals surface area (Å²) in [5, 5.41) is 17.4. The summed E-state index contributed by atoms with van der Waals surface area (Å²) in [5.41, 5.74) is -0.199. The van der Waals surface area contributed by atoms with Crippen molar-refractivity contribution in [3.63, 3.8) is 0 Å². The second kappa shape index (κ2) is 3.78. The third-order valence-electron chi connectivity index (χ3n) is 2.94. The Morgan fingerprint density at radius 2 is 2.15 bits per heavy atom. The van der Waals surface area contributed by atoms with Crippen LogP contribution in [0.2, 0.25) is 0 Å². The number of hydrogen-bond donors (Lipinski definition) is 1. The largest absolute Gasteiger partial charge is 0.481 e. The summed E-state index contributed by atoms with van der Waals surface area (Å²) in [7, 11) is 0. The second-order valence-corrected chi connectivity index (χ2v) is 4.21. The fourth-order valence-corrected chi connectivity index (χ4v) is 1.88. The van der Waals surface area contributed by atoms with Crippen LogP contribution >= 0.6 is 0 Å². The summed E-state index contributed by atoms with van der Waals surface area (Å²) < 4.78 is 0. The summed E-state index contributed by atoms with van der Waals surface area (Å²) in [6, 6.07) is 2.31. The van der Waals surface area contributed by atoms with Crippen LogP contribution in [-0.2, 0) is 4.79 Å². The molecule has 72 valence electrons. The van der Waals surface area contributed by atoms with E-state index >= 15 is 0 Å². The molecular formula is C10H15NO2. The molecule has 0 amide bonds. The van der Waals surface area contributed by atoms with Crippen molar-refractivity contribution < 1.29 is 9.90 Å². The quantitative estimate of drug-likeness (QED) is 0.710. The van der Waals surface area contributed by atoms with E-state index in [1.807, 2.05) is 6.92 Å². The molecule has 0 aliphatic heterocycles. The van der Waals surface area contributed by atoms with Gasteiger partial charge in [-0.25, -0.2) is 0 Å². The molecule has 0 saturated heterocycles. The zero-order valence-corrected chi connectivity index (χ0v) is 7.92. The van der Waals surface area contributed by atoms with Crippen molar-refractivity contribution in [3.05, 3.63) is 0 Å². The summed E-state index contributed by atoms with van der Waals surface area (Å²) in [4.78, 5) is 10.4. The average Bonchev–Trinajstić information content (AvgIpc) is 2.09. The predicted octanol–water partition coefficient (Wildman–Crippen LogP) is 2.18. The summed E-state index contributed by atoms with van der Waals surface area (Å²) in [6.45, 7) is 1.96. The molecule has 1 aliphatic carbocycles. The van der Waals surface area contributed by atoms with Crippen LogP contribution in [0.5, 0.6) is 0 Å². The highest BCUT2D eigenvalue weighted by atomic mass is 16.4. The van der Waals surface area contributed by atoms with Gasteiger partial charge in [0.25, 0.3) is 0 Å². The standard InChI is InChI=1S/C10H15NO2/c1-10(7-11)4-2-8(3-5-10)6-9(12)13/h8H,2-6H2,1H3,(H,12,13). The number of hydrogen-bond acceptors (Lipinski definition) is 2. The van der Waals surface area contributed by atoms with Gasteiger partial charge in [-0.15, -0.1) is 0 Å². The maximum Gasteiger partial charge on any atom is 0.303 e. The molecule has 0 aromatic rings. The Labute approximate surface area is 78.4 Å². The first kappa shape index (κ1) is 10.0. The van der Waals surface area contributed by atoms with E-state index in [9.17, 15) is 4.79 Å². The maximum atomic E-state index is 10.4. The van der Waals surface area contributed by atoms with E-state index < -0.39 is 5.97 Å². The Hall–Kier alpha value is -1.04. The van der Waals surface area contributed by atoms with E-state index in [1.54, 1.807) is 0 Å². The number of carboxylic acid groups (broad SMARTS) is 1. The smallest absolute Gasteiger partial charge is 0.303 e. The van der Waals surface area contributed by atoms with Crippen LogP contribution in [0.15, 0.2) is 0 Å².